The predicted molar refractivity (Wildman–Crippen MR) is 65.1 cm³/mol. The molecule has 0 heterocycles. The largest absolute Gasteiger partial charge is 0.480 e. The molecule has 0 saturated heterocycles. The number of aliphatic carboxylic acids is 1. The second-order valence-electron chi connectivity index (χ2n) is 5.50. The number of carboxylic acid groups (broad SMARTS) is 1. The van der Waals surface area contributed by atoms with E-state index in [0.717, 1.165) is 0 Å². The van der Waals surface area contributed by atoms with Gasteiger partial charge in [-0.05, 0) is 6.42 Å². The Kier molecular flexibility index (Phi) is 7.33. The van der Waals surface area contributed by atoms with Crippen molar-refractivity contribution in [1.82, 2.24) is 5.32 Å². The van der Waals surface area contributed by atoms with Crippen molar-refractivity contribution >= 4 is 5.97 Å². The lowest BCUT2D eigenvalue weighted by atomic mass is 9.92. The summed E-state index contributed by atoms with van der Waals surface area (Å²) in [4.78, 5) is 10.6. The fourth-order valence-electron chi connectivity index (χ4n) is 1.77. The van der Waals surface area contributed by atoms with Gasteiger partial charge in [0.15, 0.2) is 0 Å². The molecule has 0 aromatic heterocycles. The summed E-state index contributed by atoms with van der Waals surface area (Å²) < 4.78 is 167. The van der Waals surface area contributed by atoms with Gasteiger partial charge in [-0.3, -0.25) is 4.79 Å². The van der Waals surface area contributed by atoms with E-state index in [9.17, 15) is 61.9 Å². The van der Waals surface area contributed by atoms with Crippen molar-refractivity contribution in [3.8, 4) is 0 Å². The van der Waals surface area contributed by atoms with Crippen molar-refractivity contribution in [3.05, 3.63) is 0 Å². The zero-order valence-electron chi connectivity index (χ0n) is 13.5. The monoisotopic (exact) mass is 449 g/mol. The molecule has 0 amide bonds. The van der Waals surface area contributed by atoms with Crippen LogP contribution in [0.1, 0.15) is 19.8 Å². The predicted octanol–water partition coefficient (Wildman–Crippen LogP) is 4.57. The number of halogens is 13. The molecule has 0 aromatic rings. The van der Waals surface area contributed by atoms with Crippen molar-refractivity contribution in [2.75, 3.05) is 6.54 Å². The summed E-state index contributed by atoms with van der Waals surface area (Å²) in [5.74, 6) is -38.8. The molecule has 0 bridgehead atoms. The van der Waals surface area contributed by atoms with Gasteiger partial charge in [-0.15, -0.1) is 0 Å². The molecule has 0 aliphatic rings. The maximum atomic E-state index is 13.4. The van der Waals surface area contributed by atoms with Crippen LogP contribution in [0, 0.1) is 0 Å². The highest BCUT2D eigenvalue weighted by molar-refractivity contribution is 5.73. The van der Waals surface area contributed by atoms with Crippen LogP contribution in [0.25, 0.3) is 0 Å². The van der Waals surface area contributed by atoms with Gasteiger partial charge in [0.1, 0.15) is 6.04 Å². The molecule has 168 valence electrons. The van der Waals surface area contributed by atoms with Gasteiger partial charge >= 0.3 is 41.8 Å². The van der Waals surface area contributed by atoms with Crippen molar-refractivity contribution in [3.63, 3.8) is 0 Å². The van der Waals surface area contributed by atoms with Crippen LogP contribution in [0.4, 0.5) is 57.1 Å². The van der Waals surface area contributed by atoms with Gasteiger partial charge in [-0.2, -0.15) is 57.1 Å². The number of hydrogen-bond donors (Lipinski definition) is 2. The molecule has 0 saturated carbocycles. The quantitative estimate of drug-likeness (QED) is 0.481. The number of nitrogens with one attached hydrogen (secondary N) is 1. The minimum Gasteiger partial charge on any atom is -0.480 e. The highest BCUT2D eigenvalue weighted by atomic mass is 19.4. The van der Waals surface area contributed by atoms with E-state index in [1.165, 1.54) is 6.92 Å². The van der Waals surface area contributed by atoms with E-state index in [2.05, 4.69) is 0 Å². The summed E-state index contributed by atoms with van der Waals surface area (Å²) in [7, 11) is 0. The van der Waals surface area contributed by atoms with E-state index in [1.54, 1.807) is 5.32 Å². The molecule has 3 nitrogen and oxygen atoms in total. The Balaban J connectivity index is 5.77. The van der Waals surface area contributed by atoms with Crippen LogP contribution in [0.3, 0.4) is 0 Å². The number of carboxylic acids is 1. The van der Waals surface area contributed by atoms with Gasteiger partial charge in [0, 0.05) is 13.0 Å². The van der Waals surface area contributed by atoms with E-state index in [1.807, 2.05) is 0 Å². The van der Waals surface area contributed by atoms with E-state index in [4.69, 9.17) is 5.11 Å². The first-order chi connectivity index (χ1) is 12.1. The Morgan fingerprint density at radius 2 is 1.18 bits per heavy atom. The third kappa shape index (κ3) is 4.25. The molecule has 0 fully saturated rings. The van der Waals surface area contributed by atoms with Gasteiger partial charge in [0.2, 0.25) is 0 Å². The van der Waals surface area contributed by atoms with E-state index in [0.29, 0.717) is 0 Å². The molecular formula is C12H12F13NO2. The van der Waals surface area contributed by atoms with Crippen LogP contribution in [-0.2, 0) is 4.79 Å². The van der Waals surface area contributed by atoms with Crippen LogP contribution in [0.5, 0.6) is 0 Å². The van der Waals surface area contributed by atoms with Crippen LogP contribution < -0.4 is 5.32 Å². The first kappa shape index (κ1) is 26.5. The molecule has 0 unspecified atom stereocenters. The van der Waals surface area contributed by atoms with Gasteiger partial charge in [0.25, 0.3) is 0 Å². The topological polar surface area (TPSA) is 49.3 Å². The van der Waals surface area contributed by atoms with Crippen molar-refractivity contribution in [2.45, 2.75) is 61.6 Å². The fraction of sp³-hybridized carbons (Fsp3) is 0.917. The van der Waals surface area contributed by atoms with E-state index in [-0.39, 0.29) is 6.42 Å². The van der Waals surface area contributed by atoms with Crippen LogP contribution in [-0.4, -0.2) is 59.5 Å². The maximum Gasteiger partial charge on any atom is 0.460 e. The zero-order valence-corrected chi connectivity index (χ0v) is 13.5. The average Bonchev–Trinajstić information content (AvgIpc) is 2.49. The molecule has 28 heavy (non-hydrogen) atoms. The van der Waals surface area contributed by atoms with Gasteiger partial charge in [-0.1, -0.05) is 6.92 Å². The number of rotatable bonds is 10. The first-order valence-electron chi connectivity index (χ1n) is 7.03. The molecule has 0 aliphatic heterocycles. The summed E-state index contributed by atoms with van der Waals surface area (Å²) in [6, 6.07) is -1.64. The second kappa shape index (κ2) is 7.74. The molecule has 0 aliphatic carbocycles. The van der Waals surface area contributed by atoms with Crippen LogP contribution in [0.2, 0.25) is 0 Å². The summed E-state index contributed by atoms with van der Waals surface area (Å²) in [6.45, 7) is -0.322. The lowest BCUT2D eigenvalue weighted by Crippen LogP contribution is -2.70. The molecule has 0 rings (SSSR count). The van der Waals surface area contributed by atoms with Crippen molar-refractivity contribution in [2.24, 2.45) is 0 Å². The second-order valence-corrected chi connectivity index (χ2v) is 5.50. The SMILES string of the molecule is CC[C@H](NCCC(F)(F)C(F)(F)C(F)(F)C(F)(F)C(F)(F)C(F)(F)F)C(=O)O. The van der Waals surface area contributed by atoms with Crippen LogP contribution in [0.15, 0.2) is 0 Å². The standard InChI is InChI=1S/C12H12F13NO2/c1-2-5(6(27)28)26-4-3-7(13,14)8(15,16)9(17,18)10(19,20)11(21,22)12(23,24)25/h5,26H,2-4H2,1H3,(H,27,28)/t5-/m0/s1. The minimum absolute atomic E-state index is 0.316. The number of alkyl halides is 13. The van der Waals surface area contributed by atoms with Crippen molar-refractivity contribution < 1.29 is 67.0 Å². The minimum atomic E-state index is -7.94. The molecule has 16 heteroatoms. The first-order valence-corrected chi connectivity index (χ1v) is 7.03. The Morgan fingerprint density at radius 3 is 1.50 bits per heavy atom. The molecule has 2 N–H and O–H groups in total. The number of carbonyl (C=O) groups is 1. The Morgan fingerprint density at radius 1 is 0.786 bits per heavy atom. The Hall–Kier alpha value is -1.48. The summed E-state index contributed by atoms with van der Waals surface area (Å²) >= 11 is 0. The highest BCUT2D eigenvalue weighted by Gasteiger charge is 2.90. The highest BCUT2D eigenvalue weighted by Crippen LogP contribution is 2.60. The summed E-state index contributed by atoms with van der Waals surface area (Å²) in [6.07, 6.45) is -10.3. The Bertz CT molecular complexity index is 558. The zero-order chi connectivity index (χ0) is 23.0. The van der Waals surface area contributed by atoms with E-state index < -0.39 is 60.8 Å². The molecule has 1 atom stereocenters. The summed E-state index contributed by atoms with van der Waals surface area (Å²) in [5.41, 5.74) is 0. The third-order valence-electron chi connectivity index (χ3n) is 3.53. The molecular weight excluding hydrogens is 437 g/mol. The molecule has 0 spiro atoms. The lowest BCUT2D eigenvalue weighted by molar-refractivity contribution is -0.440. The normalized spacial score (nSPS) is 16.2. The smallest absolute Gasteiger partial charge is 0.460 e. The van der Waals surface area contributed by atoms with Crippen LogP contribution >= 0.6 is 0 Å². The molecule has 0 radical (unpaired) electrons. The lowest BCUT2D eigenvalue weighted by Gasteiger charge is -2.39. The van der Waals surface area contributed by atoms with E-state index >= 15 is 0 Å². The number of hydrogen-bond acceptors (Lipinski definition) is 2. The van der Waals surface area contributed by atoms with Gasteiger partial charge in [-0.25, -0.2) is 0 Å². The van der Waals surface area contributed by atoms with Crippen molar-refractivity contribution in [1.29, 1.82) is 0 Å². The third-order valence-corrected chi connectivity index (χ3v) is 3.53. The summed E-state index contributed by atoms with van der Waals surface area (Å²) in [5, 5.41) is 10.2. The fourth-order valence-corrected chi connectivity index (χ4v) is 1.77. The van der Waals surface area contributed by atoms with Gasteiger partial charge in [0.05, 0.1) is 0 Å². The van der Waals surface area contributed by atoms with Gasteiger partial charge < -0.3 is 10.4 Å². The maximum absolute atomic E-state index is 13.4. The molecule has 0 aromatic carbocycles. The average molecular weight is 449 g/mol. The Labute approximate surface area is 147 Å².